The van der Waals surface area contributed by atoms with Gasteiger partial charge in [-0.25, -0.2) is 0 Å². The number of nitrogens with zero attached hydrogens (tertiary/aromatic N) is 2. The Bertz CT molecular complexity index is 364. The van der Waals surface area contributed by atoms with Crippen LogP contribution < -0.4 is 0 Å². The van der Waals surface area contributed by atoms with Crippen LogP contribution in [0.25, 0.3) is 0 Å². The van der Waals surface area contributed by atoms with Crippen LogP contribution in [-0.2, 0) is 11.3 Å². The van der Waals surface area contributed by atoms with Gasteiger partial charge in [-0.1, -0.05) is 6.42 Å². The number of Topliss-reactive ketones (excluding diaryl/α,β-unsaturated/α-hetero) is 1. The lowest BCUT2D eigenvalue weighted by molar-refractivity contribution is -0.118. The van der Waals surface area contributed by atoms with Crippen molar-refractivity contribution in [3.8, 4) is 0 Å². The molecule has 3 nitrogen and oxygen atoms in total. The molecule has 1 fully saturated rings. The Morgan fingerprint density at radius 2 is 2.18 bits per heavy atom. The molecule has 1 aliphatic heterocycles. The molecule has 1 aromatic rings. The van der Waals surface area contributed by atoms with Crippen LogP contribution in [0, 0.1) is 0 Å². The summed E-state index contributed by atoms with van der Waals surface area (Å²) in [4.78, 5) is 17.8. The molecule has 1 atom stereocenters. The molecule has 0 aliphatic carbocycles. The maximum atomic E-state index is 11.3. The summed E-state index contributed by atoms with van der Waals surface area (Å²) in [5.74, 6) is 0.302. The van der Waals surface area contributed by atoms with Crippen molar-refractivity contribution in [2.24, 2.45) is 0 Å². The maximum Gasteiger partial charge on any atom is 0.131 e. The predicted molar refractivity (Wildman–Crippen MR) is 67.6 cm³/mol. The molecule has 0 bridgehead atoms. The predicted octanol–water partition coefficient (Wildman–Crippen LogP) is 2.42. The van der Waals surface area contributed by atoms with E-state index in [1.54, 1.807) is 6.92 Å². The van der Waals surface area contributed by atoms with Crippen molar-refractivity contribution < 1.29 is 4.79 Å². The Morgan fingerprint density at radius 3 is 2.88 bits per heavy atom. The molecule has 0 N–H and O–H groups in total. The minimum absolute atomic E-state index is 0.302. The first-order valence-electron chi connectivity index (χ1n) is 6.38. The molecule has 0 spiro atoms. The second-order valence-electron chi connectivity index (χ2n) is 4.88. The van der Waals surface area contributed by atoms with Crippen molar-refractivity contribution in [2.45, 2.75) is 45.2 Å². The summed E-state index contributed by atoms with van der Waals surface area (Å²) in [6, 6.07) is 4.55. The number of carbonyl (C=O) groups is 1. The number of hydrogen-bond acceptors (Lipinski definition) is 3. The lowest BCUT2D eigenvalue weighted by atomic mass is 9.97. The molecule has 1 aliphatic rings. The highest BCUT2D eigenvalue weighted by Crippen LogP contribution is 2.21. The van der Waals surface area contributed by atoms with Gasteiger partial charge in [0.25, 0.3) is 0 Å². The van der Waals surface area contributed by atoms with Crippen LogP contribution in [0.4, 0.5) is 0 Å². The standard InChI is InChI=1S/C14H20N2O/c1-12(17)10-14-4-2-3-9-16(14)11-13-5-7-15-8-6-13/h5-8,14H,2-4,9-11H2,1H3. The van der Waals surface area contributed by atoms with Crippen molar-refractivity contribution >= 4 is 5.78 Å². The Balaban J connectivity index is 1.99. The highest BCUT2D eigenvalue weighted by Gasteiger charge is 2.23. The molecule has 0 saturated carbocycles. The van der Waals surface area contributed by atoms with Crippen LogP contribution in [0.5, 0.6) is 0 Å². The molecule has 1 saturated heterocycles. The van der Waals surface area contributed by atoms with E-state index in [9.17, 15) is 4.79 Å². The molecule has 0 aromatic carbocycles. The van der Waals surface area contributed by atoms with Gasteiger partial charge in [0, 0.05) is 31.4 Å². The topological polar surface area (TPSA) is 33.2 Å². The molecule has 2 rings (SSSR count). The van der Waals surface area contributed by atoms with Crippen LogP contribution in [0.2, 0.25) is 0 Å². The SMILES string of the molecule is CC(=O)CC1CCCCN1Cc1ccncc1. The third kappa shape index (κ3) is 3.63. The molecule has 1 aromatic heterocycles. The second-order valence-corrected chi connectivity index (χ2v) is 4.88. The van der Waals surface area contributed by atoms with Gasteiger partial charge in [-0.2, -0.15) is 0 Å². The summed E-state index contributed by atoms with van der Waals surface area (Å²) in [6.07, 6.45) is 8.03. The van der Waals surface area contributed by atoms with Crippen molar-refractivity contribution in [3.05, 3.63) is 30.1 Å². The van der Waals surface area contributed by atoms with Crippen LogP contribution in [0.15, 0.2) is 24.5 Å². The first kappa shape index (κ1) is 12.2. The lowest BCUT2D eigenvalue weighted by Gasteiger charge is -2.35. The lowest BCUT2D eigenvalue weighted by Crippen LogP contribution is -2.39. The normalized spacial score (nSPS) is 21.4. The number of hydrogen-bond donors (Lipinski definition) is 0. The van der Waals surface area contributed by atoms with Crippen molar-refractivity contribution in [1.82, 2.24) is 9.88 Å². The number of carbonyl (C=O) groups excluding carboxylic acids is 1. The van der Waals surface area contributed by atoms with E-state index in [-0.39, 0.29) is 0 Å². The molecule has 3 heteroatoms. The average Bonchev–Trinajstić information content (AvgIpc) is 2.32. The fraction of sp³-hybridized carbons (Fsp3) is 0.571. The molecule has 17 heavy (non-hydrogen) atoms. The molecule has 0 radical (unpaired) electrons. The average molecular weight is 232 g/mol. The third-order valence-corrected chi connectivity index (χ3v) is 3.41. The van der Waals surface area contributed by atoms with E-state index in [1.165, 1.54) is 18.4 Å². The number of aromatic nitrogens is 1. The van der Waals surface area contributed by atoms with Crippen LogP contribution in [0.1, 0.15) is 38.2 Å². The van der Waals surface area contributed by atoms with E-state index >= 15 is 0 Å². The Labute approximate surface area is 103 Å². The number of pyridine rings is 1. The smallest absolute Gasteiger partial charge is 0.131 e. The van der Waals surface area contributed by atoms with Gasteiger partial charge in [0.15, 0.2) is 0 Å². The van der Waals surface area contributed by atoms with Gasteiger partial charge in [0.05, 0.1) is 0 Å². The number of likely N-dealkylation sites (tertiary alicyclic amines) is 1. The summed E-state index contributed by atoms with van der Waals surface area (Å²) in [5.41, 5.74) is 1.29. The van der Waals surface area contributed by atoms with Gasteiger partial charge in [-0.3, -0.25) is 14.7 Å². The summed E-state index contributed by atoms with van der Waals surface area (Å²) in [6.45, 7) is 3.75. The van der Waals surface area contributed by atoms with E-state index in [0.717, 1.165) is 19.5 Å². The first-order chi connectivity index (χ1) is 8.25. The highest BCUT2D eigenvalue weighted by molar-refractivity contribution is 5.76. The zero-order valence-electron chi connectivity index (χ0n) is 10.4. The Kier molecular flexibility index (Phi) is 4.26. The van der Waals surface area contributed by atoms with Crippen molar-refractivity contribution in [1.29, 1.82) is 0 Å². The largest absolute Gasteiger partial charge is 0.300 e. The number of rotatable bonds is 4. The van der Waals surface area contributed by atoms with Crippen LogP contribution in [0.3, 0.4) is 0 Å². The van der Waals surface area contributed by atoms with Crippen LogP contribution >= 0.6 is 0 Å². The third-order valence-electron chi connectivity index (χ3n) is 3.41. The summed E-state index contributed by atoms with van der Waals surface area (Å²) in [7, 11) is 0. The Morgan fingerprint density at radius 1 is 1.41 bits per heavy atom. The van der Waals surface area contributed by atoms with Gasteiger partial charge < -0.3 is 0 Å². The zero-order chi connectivity index (χ0) is 12.1. The molecular formula is C14H20N2O. The first-order valence-corrected chi connectivity index (χ1v) is 6.38. The van der Waals surface area contributed by atoms with E-state index in [1.807, 2.05) is 12.4 Å². The maximum absolute atomic E-state index is 11.3. The monoisotopic (exact) mass is 232 g/mol. The Hall–Kier alpha value is -1.22. The van der Waals surface area contributed by atoms with E-state index < -0.39 is 0 Å². The molecule has 92 valence electrons. The van der Waals surface area contributed by atoms with Crippen LogP contribution in [-0.4, -0.2) is 28.3 Å². The minimum Gasteiger partial charge on any atom is -0.300 e. The molecule has 0 amide bonds. The quantitative estimate of drug-likeness (QED) is 0.799. The summed E-state index contributed by atoms with van der Waals surface area (Å²) in [5, 5.41) is 0. The highest BCUT2D eigenvalue weighted by atomic mass is 16.1. The van der Waals surface area contributed by atoms with Gasteiger partial charge in [0.2, 0.25) is 0 Å². The van der Waals surface area contributed by atoms with Gasteiger partial charge >= 0.3 is 0 Å². The molecular weight excluding hydrogens is 212 g/mol. The van der Waals surface area contributed by atoms with Crippen molar-refractivity contribution in [2.75, 3.05) is 6.54 Å². The van der Waals surface area contributed by atoms with E-state index in [2.05, 4.69) is 22.0 Å². The summed E-state index contributed by atoms with van der Waals surface area (Å²) < 4.78 is 0. The number of ketones is 1. The molecule has 2 heterocycles. The zero-order valence-corrected chi connectivity index (χ0v) is 10.4. The number of piperidine rings is 1. The fourth-order valence-electron chi connectivity index (χ4n) is 2.55. The van der Waals surface area contributed by atoms with E-state index in [4.69, 9.17) is 0 Å². The van der Waals surface area contributed by atoms with Gasteiger partial charge in [-0.05, 0) is 44.0 Å². The van der Waals surface area contributed by atoms with Crippen molar-refractivity contribution in [3.63, 3.8) is 0 Å². The second kappa shape index (κ2) is 5.92. The van der Waals surface area contributed by atoms with Gasteiger partial charge in [0.1, 0.15) is 5.78 Å². The summed E-state index contributed by atoms with van der Waals surface area (Å²) >= 11 is 0. The minimum atomic E-state index is 0.302. The fourth-order valence-corrected chi connectivity index (χ4v) is 2.55. The molecule has 1 unspecified atom stereocenters. The van der Waals surface area contributed by atoms with Gasteiger partial charge in [-0.15, -0.1) is 0 Å². The van der Waals surface area contributed by atoms with E-state index in [0.29, 0.717) is 18.2 Å².